The molecule has 0 unspecified atom stereocenters. The average Bonchev–Trinajstić information content (AvgIpc) is 3.24. The molecule has 1 N–H and O–H groups in total. The molecular formula is C21H28N10O3. The van der Waals surface area contributed by atoms with Gasteiger partial charge in [-0.3, -0.25) is 9.20 Å². The van der Waals surface area contributed by atoms with Crippen LogP contribution in [0.3, 0.4) is 0 Å². The molecule has 180 valence electrons. The zero-order valence-electron chi connectivity index (χ0n) is 18.9. The van der Waals surface area contributed by atoms with Gasteiger partial charge in [0.05, 0.1) is 24.9 Å². The number of hydrogen-bond acceptors (Lipinski definition) is 7. The lowest BCUT2D eigenvalue weighted by Crippen LogP contribution is -2.38. The molecule has 2 heterocycles. The maximum Gasteiger partial charge on any atom is 0.270 e. The van der Waals surface area contributed by atoms with Crippen molar-refractivity contribution in [1.29, 1.82) is 0 Å². The predicted molar refractivity (Wildman–Crippen MR) is 125 cm³/mol. The fourth-order valence-corrected chi connectivity index (χ4v) is 4.22. The summed E-state index contributed by atoms with van der Waals surface area (Å²) >= 11 is 0. The molecule has 1 amide bonds. The van der Waals surface area contributed by atoms with E-state index in [4.69, 9.17) is 15.8 Å². The molecular weight excluding hydrogens is 440 g/mol. The molecule has 1 aliphatic carbocycles. The fourth-order valence-electron chi connectivity index (χ4n) is 4.22. The first-order valence-electron chi connectivity index (χ1n) is 11.4. The van der Waals surface area contributed by atoms with Gasteiger partial charge in [0.2, 0.25) is 0 Å². The molecule has 0 bridgehead atoms. The Morgan fingerprint density at radius 1 is 1.26 bits per heavy atom. The lowest BCUT2D eigenvalue weighted by atomic mass is 9.90. The third-order valence-electron chi connectivity index (χ3n) is 5.89. The third-order valence-corrected chi connectivity index (χ3v) is 5.89. The minimum absolute atomic E-state index is 0.115. The molecule has 3 rings (SSSR count). The summed E-state index contributed by atoms with van der Waals surface area (Å²) in [5.74, 6) is 0.573. The van der Waals surface area contributed by atoms with Gasteiger partial charge >= 0.3 is 0 Å². The van der Waals surface area contributed by atoms with Crippen LogP contribution in [0.25, 0.3) is 26.5 Å². The second-order valence-electron chi connectivity index (χ2n) is 8.26. The van der Waals surface area contributed by atoms with Crippen LogP contribution in [-0.4, -0.2) is 41.0 Å². The van der Waals surface area contributed by atoms with Crippen LogP contribution in [0.5, 0.6) is 5.75 Å². The first-order valence-corrected chi connectivity index (χ1v) is 11.4. The van der Waals surface area contributed by atoms with E-state index in [0.29, 0.717) is 42.5 Å². The van der Waals surface area contributed by atoms with Gasteiger partial charge in [0.25, 0.3) is 5.91 Å². The van der Waals surface area contributed by atoms with Gasteiger partial charge in [-0.15, -0.1) is 0 Å². The average molecular weight is 469 g/mol. The van der Waals surface area contributed by atoms with Crippen molar-refractivity contribution >= 4 is 11.6 Å². The van der Waals surface area contributed by atoms with E-state index < -0.39 is 11.9 Å². The van der Waals surface area contributed by atoms with Crippen LogP contribution in [0, 0.1) is 10.8 Å². The monoisotopic (exact) mass is 468 g/mol. The number of ether oxygens (including phenoxy) is 1. The van der Waals surface area contributed by atoms with Gasteiger partial charge in [-0.25, -0.2) is 4.98 Å². The molecule has 1 fully saturated rings. The maximum atomic E-state index is 13.2. The molecule has 13 heteroatoms. The Balaban J connectivity index is 1.84. The number of nitroso groups, excluding NO2 is 1. The highest BCUT2D eigenvalue weighted by Gasteiger charge is 2.24. The summed E-state index contributed by atoms with van der Waals surface area (Å²) in [6.07, 6.45) is 8.55. The van der Waals surface area contributed by atoms with Crippen molar-refractivity contribution in [2.24, 2.45) is 21.3 Å². The molecule has 2 aromatic heterocycles. The number of pyridine rings is 1. The number of fused-ring (bicyclic) bond motifs is 1. The normalized spacial score (nSPS) is 14.6. The number of hydrogen-bond donors (Lipinski definition) is 1. The molecule has 1 atom stereocenters. The smallest absolute Gasteiger partial charge is 0.270 e. The summed E-state index contributed by atoms with van der Waals surface area (Å²) in [7, 11) is 0. The van der Waals surface area contributed by atoms with Crippen LogP contribution in [0.1, 0.15) is 61.1 Å². The fraction of sp³-hybridized carbons (Fsp3) is 0.619. The van der Waals surface area contributed by atoms with Crippen LogP contribution in [0.4, 0.5) is 0 Å². The zero-order chi connectivity index (χ0) is 24.2. The predicted octanol–water partition coefficient (Wildman–Crippen LogP) is 5.06. The Morgan fingerprint density at radius 2 is 2.06 bits per heavy atom. The summed E-state index contributed by atoms with van der Waals surface area (Å²) in [5.41, 5.74) is 18.2. The van der Waals surface area contributed by atoms with Gasteiger partial charge in [0.1, 0.15) is 12.2 Å². The van der Waals surface area contributed by atoms with Gasteiger partial charge in [-0.2, -0.15) is 4.91 Å². The van der Waals surface area contributed by atoms with Gasteiger partial charge < -0.3 is 10.1 Å². The SMILES string of the molecule is [N-]=[N+]=NCCC[C@H](CN=O)NC(=O)c1c(CN=[N+]=[N-])nc2c(OCC3CCCCC3)cccn12. The van der Waals surface area contributed by atoms with E-state index in [1.165, 1.54) is 19.3 Å². The highest BCUT2D eigenvalue weighted by atomic mass is 16.5. The van der Waals surface area contributed by atoms with E-state index in [-0.39, 0.29) is 25.3 Å². The number of imidazole rings is 1. The number of rotatable bonds is 13. The molecule has 0 aliphatic heterocycles. The van der Waals surface area contributed by atoms with E-state index in [9.17, 15) is 9.70 Å². The molecule has 0 radical (unpaired) electrons. The van der Waals surface area contributed by atoms with E-state index in [1.54, 1.807) is 22.7 Å². The number of azide groups is 2. The van der Waals surface area contributed by atoms with E-state index in [1.807, 2.05) is 0 Å². The van der Waals surface area contributed by atoms with Crippen molar-refractivity contribution in [1.82, 2.24) is 14.7 Å². The quantitative estimate of drug-likeness (QED) is 0.142. The molecule has 1 saturated carbocycles. The summed E-state index contributed by atoms with van der Waals surface area (Å²) in [5, 5.41) is 12.8. The van der Waals surface area contributed by atoms with Crippen molar-refractivity contribution < 1.29 is 9.53 Å². The second-order valence-corrected chi connectivity index (χ2v) is 8.26. The first-order chi connectivity index (χ1) is 16.7. The minimum Gasteiger partial charge on any atom is -0.489 e. The second kappa shape index (κ2) is 13.0. The number of carbonyl (C=O) groups excluding carboxylic acids is 1. The Hall–Kier alpha value is -3.82. The Kier molecular flexibility index (Phi) is 9.51. The molecule has 0 spiro atoms. The molecule has 1 aliphatic rings. The number of nitrogens with one attached hydrogen (secondary N) is 1. The largest absolute Gasteiger partial charge is 0.489 e. The number of aromatic nitrogens is 2. The molecule has 34 heavy (non-hydrogen) atoms. The number of amides is 1. The Bertz CT molecular complexity index is 1080. The number of carbonyl (C=O) groups is 1. The van der Waals surface area contributed by atoms with Crippen molar-refractivity contribution in [3.8, 4) is 5.75 Å². The van der Waals surface area contributed by atoms with Crippen LogP contribution >= 0.6 is 0 Å². The van der Waals surface area contributed by atoms with Crippen molar-refractivity contribution in [3.05, 3.63) is 55.5 Å². The van der Waals surface area contributed by atoms with Gasteiger partial charge in [0.15, 0.2) is 11.4 Å². The Labute approximate surface area is 196 Å². The number of nitrogens with zero attached hydrogens (tertiary/aromatic N) is 9. The summed E-state index contributed by atoms with van der Waals surface area (Å²) < 4.78 is 7.70. The summed E-state index contributed by atoms with van der Waals surface area (Å²) in [6.45, 7) is 0.593. The standard InChI is InChI=1S/C21H28N10O3/c22-29-24-10-4-8-16(12-26-33)27-21(32)19-17(13-25-30-23)28-20-18(9-5-11-31(19)20)34-14-15-6-2-1-3-7-15/h5,9,11,15-16H,1-4,6-8,10,12-14H2,(H,27,32)/t16-/m1/s1. The van der Waals surface area contributed by atoms with E-state index >= 15 is 0 Å². The topological polar surface area (TPSA) is 183 Å². The van der Waals surface area contributed by atoms with Crippen LogP contribution in [-0.2, 0) is 6.54 Å². The molecule has 0 saturated heterocycles. The lowest BCUT2D eigenvalue weighted by Gasteiger charge is -2.21. The van der Waals surface area contributed by atoms with Gasteiger partial charge in [-0.05, 0) is 54.8 Å². The minimum atomic E-state index is -0.539. The van der Waals surface area contributed by atoms with E-state index in [0.717, 1.165) is 12.8 Å². The summed E-state index contributed by atoms with van der Waals surface area (Å²) in [6, 6.07) is 3.03. The van der Waals surface area contributed by atoms with Crippen molar-refractivity contribution in [3.63, 3.8) is 0 Å². The highest BCUT2D eigenvalue weighted by Crippen LogP contribution is 2.27. The van der Waals surface area contributed by atoms with Gasteiger partial charge in [0, 0.05) is 22.6 Å². The molecule has 13 nitrogen and oxygen atoms in total. The lowest BCUT2D eigenvalue weighted by molar-refractivity contribution is 0.0929. The zero-order valence-corrected chi connectivity index (χ0v) is 18.9. The Morgan fingerprint density at radius 3 is 2.79 bits per heavy atom. The third kappa shape index (κ3) is 6.60. The van der Waals surface area contributed by atoms with Gasteiger partial charge in [-0.1, -0.05) is 34.7 Å². The first kappa shape index (κ1) is 24.8. The van der Waals surface area contributed by atoms with E-state index in [2.05, 4.69) is 35.5 Å². The van der Waals surface area contributed by atoms with Crippen molar-refractivity contribution in [2.75, 3.05) is 19.7 Å². The molecule has 0 aromatic carbocycles. The van der Waals surface area contributed by atoms with Crippen LogP contribution in [0.2, 0.25) is 0 Å². The van der Waals surface area contributed by atoms with Crippen LogP contribution in [0.15, 0.2) is 33.7 Å². The highest BCUT2D eigenvalue weighted by molar-refractivity contribution is 5.95. The summed E-state index contributed by atoms with van der Waals surface area (Å²) in [4.78, 5) is 34.1. The van der Waals surface area contributed by atoms with Crippen molar-refractivity contribution in [2.45, 2.75) is 57.5 Å². The van der Waals surface area contributed by atoms with Crippen LogP contribution < -0.4 is 10.1 Å². The maximum absolute atomic E-state index is 13.2. The molecule has 2 aromatic rings.